The highest BCUT2D eigenvalue weighted by atomic mass is 32.3. The summed E-state index contributed by atoms with van der Waals surface area (Å²) in [5, 5.41) is 8.07. The highest BCUT2D eigenvalue weighted by molar-refractivity contribution is 7.94. The second-order valence-corrected chi connectivity index (χ2v) is 8.96. The fourth-order valence-corrected chi connectivity index (χ4v) is 4.94. The van der Waals surface area contributed by atoms with Crippen molar-refractivity contribution >= 4 is 31.2 Å². The number of hydrogen-bond donors (Lipinski definition) is 2. The predicted molar refractivity (Wildman–Crippen MR) is 70.9 cm³/mol. The zero-order valence-electron chi connectivity index (χ0n) is 10.3. The summed E-state index contributed by atoms with van der Waals surface area (Å²) in [5.74, 6) is 0. The largest absolute Gasteiger partial charge is 0.310 e. The van der Waals surface area contributed by atoms with E-state index in [2.05, 4.69) is 5.32 Å². The van der Waals surface area contributed by atoms with Crippen LogP contribution in [-0.2, 0) is 19.9 Å². The first kappa shape index (κ1) is 15.6. The van der Waals surface area contributed by atoms with Gasteiger partial charge in [0.2, 0.25) is 10.0 Å². The lowest BCUT2D eigenvalue weighted by Gasteiger charge is -2.12. The van der Waals surface area contributed by atoms with Crippen LogP contribution in [0.2, 0.25) is 0 Å². The van der Waals surface area contributed by atoms with Crippen LogP contribution in [0.15, 0.2) is 14.5 Å². The summed E-state index contributed by atoms with van der Waals surface area (Å²) >= 11 is 0.687. The number of thiophene rings is 1. The molecule has 0 aliphatic rings. The second kappa shape index (κ2) is 5.25. The Balaban J connectivity index is 3.45. The number of rotatable bonds is 5. The summed E-state index contributed by atoms with van der Waals surface area (Å²) in [5.41, 5.74) is 0.438. The van der Waals surface area contributed by atoms with Gasteiger partial charge in [-0.05, 0) is 25.1 Å². The molecule has 0 aliphatic carbocycles. The average molecular weight is 312 g/mol. The summed E-state index contributed by atoms with van der Waals surface area (Å²) in [6, 6.07) is 1.07. The molecule has 0 aromatic carbocycles. The van der Waals surface area contributed by atoms with E-state index in [1.807, 2.05) is 6.92 Å². The van der Waals surface area contributed by atoms with E-state index in [0.717, 1.165) is 6.26 Å². The van der Waals surface area contributed by atoms with E-state index in [9.17, 15) is 16.8 Å². The Morgan fingerprint density at radius 1 is 1.39 bits per heavy atom. The van der Waals surface area contributed by atoms with E-state index in [-0.39, 0.29) is 14.5 Å². The summed E-state index contributed by atoms with van der Waals surface area (Å²) < 4.78 is 45.8. The molecule has 1 heterocycles. The molecular formula is C9H16N2O4S3. The van der Waals surface area contributed by atoms with Crippen molar-refractivity contribution in [1.29, 1.82) is 0 Å². The van der Waals surface area contributed by atoms with Gasteiger partial charge in [0.15, 0.2) is 9.84 Å². The minimum absolute atomic E-state index is 0.0416. The van der Waals surface area contributed by atoms with Gasteiger partial charge in [0.1, 0.15) is 8.42 Å². The Morgan fingerprint density at radius 2 is 1.94 bits per heavy atom. The standard InChI is InChI=1S/C9H16N2O4S3/c1-4-11-6(2)7-5-8(18(10,14)15)16-9(7)17(3,12)13/h5-6,11H,4H2,1-3H3,(H2,10,14,15). The molecule has 6 nitrogen and oxygen atoms in total. The van der Waals surface area contributed by atoms with Crippen LogP contribution in [0.1, 0.15) is 25.5 Å². The number of sulfone groups is 1. The topological polar surface area (TPSA) is 106 Å². The lowest BCUT2D eigenvalue weighted by Crippen LogP contribution is -2.19. The lowest BCUT2D eigenvalue weighted by atomic mass is 10.2. The number of nitrogens with one attached hydrogen (secondary N) is 1. The predicted octanol–water partition coefficient (Wildman–Crippen LogP) is 0.470. The van der Waals surface area contributed by atoms with Gasteiger partial charge in [-0.1, -0.05) is 6.92 Å². The van der Waals surface area contributed by atoms with Gasteiger partial charge in [-0.15, -0.1) is 11.3 Å². The molecule has 104 valence electrons. The van der Waals surface area contributed by atoms with Gasteiger partial charge >= 0.3 is 0 Å². The molecule has 0 amide bonds. The molecular weight excluding hydrogens is 296 g/mol. The van der Waals surface area contributed by atoms with E-state index in [4.69, 9.17) is 5.14 Å². The molecule has 0 aliphatic heterocycles. The fraction of sp³-hybridized carbons (Fsp3) is 0.556. The second-order valence-electron chi connectivity index (χ2n) is 3.90. The third-order valence-corrected chi connectivity index (χ3v) is 6.73. The van der Waals surface area contributed by atoms with E-state index < -0.39 is 19.9 Å². The molecule has 0 saturated heterocycles. The Kier molecular flexibility index (Phi) is 4.55. The first-order valence-electron chi connectivity index (χ1n) is 5.17. The molecule has 1 atom stereocenters. The molecule has 1 rings (SSSR count). The van der Waals surface area contributed by atoms with Crippen LogP contribution in [0.5, 0.6) is 0 Å². The molecule has 1 aromatic rings. The Hall–Kier alpha value is -0.480. The maximum Gasteiger partial charge on any atom is 0.247 e. The van der Waals surface area contributed by atoms with Gasteiger partial charge in [0.05, 0.1) is 0 Å². The highest BCUT2D eigenvalue weighted by Gasteiger charge is 2.25. The molecule has 0 bridgehead atoms. The average Bonchev–Trinajstić information content (AvgIpc) is 2.60. The van der Waals surface area contributed by atoms with Crippen molar-refractivity contribution < 1.29 is 16.8 Å². The van der Waals surface area contributed by atoms with Crippen molar-refractivity contribution in [2.45, 2.75) is 28.3 Å². The van der Waals surface area contributed by atoms with E-state index >= 15 is 0 Å². The van der Waals surface area contributed by atoms with Crippen molar-refractivity contribution in [3.05, 3.63) is 11.6 Å². The van der Waals surface area contributed by atoms with Crippen molar-refractivity contribution in [2.75, 3.05) is 12.8 Å². The van der Waals surface area contributed by atoms with Crippen molar-refractivity contribution in [1.82, 2.24) is 5.32 Å². The molecule has 18 heavy (non-hydrogen) atoms. The number of hydrogen-bond acceptors (Lipinski definition) is 6. The molecule has 9 heteroatoms. The summed E-state index contributed by atoms with van der Waals surface area (Å²) in [4.78, 5) is 0. The summed E-state index contributed by atoms with van der Waals surface area (Å²) in [6.07, 6.45) is 1.05. The molecule has 0 saturated carbocycles. The van der Waals surface area contributed by atoms with E-state index in [1.165, 1.54) is 6.07 Å². The highest BCUT2D eigenvalue weighted by Crippen LogP contribution is 2.33. The van der Waals surface area contributed by atoms with Crippen LogP contribution in [-0.4, -0.2) is 29.6 Å². The third kappa shape index (κ3) is 3.51. The normalized spacial score (nSPS) is 14.7. The fourth-order valence-electron chi connectivity index (χ4n) is 1.51. The van der Waals surface area contributed by atoms with Crippen molar-refractivity contribution in [3.63, 3.8) is 0 Å². The molecule has 0 radical (unpaired) electrons. The molecule has 1 aromatic heterocycles. The van der Waals surface area contributed by atoms with Crippen LogP contribution >= 0.6 is 11.3 Å². The Bertz CT molecular complexity index is 631. The van der Waals surface area contributed by atoms with Gasteiger partial charge in [-0.3, -0.25) is 0 Å². The number of nitrogens with two attached hydrogens (primary N) is 1. The van der Waals surface area contributed by atoms with Crippen LogP contribution in [0, 0.1) is 0 Å². The lowest BCUT2D eigenvalue weighted by molar-refractivity contribution is 0.579. The molecule has 0 fully saturated rings. The van der Waals surface area contributed by atoms with Gasteiger partial charge in [-0.2, -0.15) is 0 Å². The van der Waals surface area contributed by atoms with Crippen LogP contribution < -0.4 is 10.5 Å². The van der Waals surface area contributed by atoms with Gasteiger partial charge in [0, 0.05) is 12.3 Å². The monoisotopic (exact) mass is 312 g/mol. The third-order valence-electron chi connectivity index (χ3n) is 2.30. The minimum atomic E-state index is -3.89. The zero-order chi connectivity index (χ0) is 14.1. The van der Waals surface area contributed by atoms with Crippen LogP contribution in [0.4, 0.5) is 0 Å². The number of primary sulfonamides is 1. The van der Waals surface area contributed by atoms with Crippen LogP contribution in [0.25, 0.3) is 0 Å². The maximum atomic E-state index is 11.6. The van der Waals surface area contributed by atoms with E-state index in [0.29, 0.717) is 23.4 Å². The van der Waals surface area contributed by atoms with Crippen molar-refractivity contribution in [3.8, 4) is 0 Å². The summed E-state index contributed by atoms with van der Waals surface area (Å²) in [7, 11) is -7.36. The minimum Gasteiger partial charge on any atom is -0.310 e. The smallest absolute Gasteiger partial charge is 0.247 e. The first-order valence-corrected chi connectivity index (χ1v) is 9.42. The molecule has 3 N–H and O–H groups in total. The summed E-state index contributed by atoms with van der Waals surface area (Å²) in [6.45, 7) is 4.29. The number of sulfonamides is 1. The molecule has 1 unspecified atom stereocenters. The van der Waals surface area contributed by atoms with Crippen LogP contribution in [0.3, 0.4) is 0 Å². The van der Waals surface area contributed by atoms with Gasteiger partial charge in [-0.25, -0.2) is 22.0 Å². The Morgan fingerprint density at radius 3 is 2.33 bits per heavy atom. The zero-order valence-corrected chi connectivity index (χ0v) is 12.7. The SMILES string of the molecule is CCNC(C)c1cc(S(N)(=O)=O)sc1S(C)(=O)=O. The van der Waals surface area contributed by atoms with E-state index in [1.54, 1.807) is 6.92 Å². The quantitative estimate of drug-likeness (QED) is 0.822. The van der Waals surface area contributed by atoms with Gasteiger partial charge < -0.3 is 5.32 Å². The van der Waals surface area contributed by atoms with Crippen molar-refractivity contribution in [2.24, 2.45) is 5.14 Å². The first-order chi connectivity index (χ1) is 8.07. The Labute approximate surface area is 111 Å². The van der Waals surface area contributed by atoms with Gasteiger partial charge in [0.25, 0.3) is 0 Å². The molecule has 0 spiro atoms. The maximum absolute atomic E-state index is 11.6.